The van der Waals surface area contributed by atoms with E-state index in [0.29, 0.717) is 0 Å². The third-order valence-corrected chi connectivity index (χ3v) is 4.87. The van der Waals surface area contributed by atoms with Crippen LogP contribution in [0, 0.1) is 5.41 Å². The average Bonchev–Trinajstić information content (AvgIpc) is 3.06. The highest BCUT2D eigenvalue weighted by atomic mass is 35.5. The van der Waals surface area contributed by atoms with Crippen molar-refractivity contribution in [3.8, 4) is 0 Å². The standard InChI is InChI=1S/C22H27N3O2.ClH/c1-22(2,3)20(15-26)23-21(27)14-25-12-11-24(16-25)13-18-9-6-8-17-7-4-5-10-19(17)18;/h4-12,16,20,26H,13-15H2,1-3H3;1H/t20-;/m1./s1. The van der Waals surface area contributed by atoms with Crippen molar-refractivity contribution < 1.29 is 26.9 Å². The third-order valence-electron chi connectivity index (χ3n) is 4.87. The van der Waals surface area contributed by atoms with E-state index in [1.165, 1.54) is 16.3 Å². The number of nitrogens with one attached hydrogen (secondary N) is 1. The van der Waals surface area contributed by atoms with Gasteiger partial charge in [-0.2, -0.15) is 0 Å². The van der Waals surface area contributed by atoms with Crippen LogP contribution in [0.5, 0.6) is 0 Å². The van der Waals surface area contributed by atoms with E-state index in [9.17, 15) is 9.90 Å². The van der Waals surface area contributed by atoms with Crippen molar-refractivity contribution in [2.75, 3.05) is 6.61 Å². The van der Waals surface area contributed by atoms with Gasteiger partial charge < -0.3 is 22.8 Å². The van der Waals surface area contributed by atoms with Crippen molar-refractivity contribution in [1.29, 1.82) is 0 Å². The number of amides is 1. The Morgan fingerprint density at radius 3 is 2.61 bits per heavy atom. The molecule has 0 fully saturated rings. The van der Waals surface area contributed by atoms with Gasteiger partial charge in [-0.1, -0.05) is 63.2 Å². The summed E-state index contributed by atoms with van der Waals surface area (Å²) in [6.45, 7) is 6.92. The van der Waals surface area contributed by atoms with E-state index in [-0.39, 0.29) is 42.9 Å². The van der Waals surface area contributed by atoms with Gasteiger partial charge in [0.2, 0.25) is 6.33 Å². The Hall–Kier alpha value is -2.37. The third kappa shape index (κ3) is 5.33. The number of halogens is 1. The maximum absolute atomic E-state index is 12.3. The Labute approximate surface area is 172 Å². The monoisotopic (exact) mass is 401 g/mol. The second-order valence-electron chi connectivity index (χ2n) is 8.07. The van der Waals surface area contributed by atoms with Crippen LogP contribution in [0.4, 0.5) is 0 Å². The van der Waals surface area contributed by atoms with Crippen molar-refractivity contribution in [2.24, 2.45) is 5.41 Å². The molecule has 1 heterocycles. The van der Waals surface area contributed by atoms with Gasteiger partial charge in [0.15, 0.2) is 6.54 Å². The molecule has 5 nitrogen and oxygen atoms in total. The maximum Gasteiger partial charge on any atom is 0.262 e. The Morgan fingerprint density at radius 1 is 1.18 bits per heavy atom. The number of nitrogens with zero attached hydrogens (tertiary/aromatic N) is 2. The molecular weight excluding hydrogens is 374 g/mol. The molecule has 28 heavy (non-hydrogen) atoms. The van der Waals surface area contributed by atoms with Crippen LogP contribution in [0.1, 0.15) is 26.3 Å². The van der Waals surface area contributed by atoms with E-state index in [1.807, 2.05) is 50.1 Å². The summed E-state index contributed by atoms with van der Waals surface area (Å²) in [7, 11) is 0. The average molecular weight is 402 g/mol. The summed E-state index contributed by atoms with van der Waals surface area (Å²) < 4.78 is 3.93. The first-order valence-electron chi connectivity index (χ1n) is 9.28. The fourth-order valence-corrected chi connectivity index (χ4v) is 3.19. The second kappa shape index (κ2) is 9.22. The van der Waals surface area contributed by atoms with Gasteiger partial charge in [-0.05, 0) is 16.2 Å². The first-order valence-corrected chi connectivity index (χ1v) is 9.28. The van der Waals surface area contributed by atoms with E-state index in [0.717, 1.165) is 6.54 Å². The van der Waals surface area contributed by atoms with Gasteiger partial charge in [0, 0.05) is 5.56 Å². The predicted octanol–water partition coefficient (Wildman–Crippen LogP) is -0.496. The molecule has 2 aromatic carbocycles. The van der Waals surface area contributed by atoms with Gasteiger partial charge >= 0.3 is 0 Å². The normalized spacial score (nSPS) is 12.4. The quantitative estimate of drug-likeness (QED) is 0.547. The summed E-state index contributed by atoms with van der Waals surface area (Å²) in [5.74, 6) is -0.100. The number of hydrogen-bond donors (Lipinski definition) is 2. The molecule has 0 unspecified atom stereocenters. The Morgan fingerprint density at radius 2 is 1.89 bits per heavy atom. The SMILES string of the molecule is CC(C)(C)[C@@H](CO)NC(=O)Cn1cc[n+](Cc2cccc3ccccc23)c1.[Cl-]. The molecule has 0 saturated carbocycles. The molecule has 150 valence electrons. The minimum Gasteiger partial charge on any atom is -1.00 e. The maximum atomic E-state index is 12.3. The highest BCUT2D eigenvalue weighted by Gasteiger charge is 2.26. The van der Waals surface area contributed by atoms with Crippen LogP contribution >= 0.6 is 0 Å². The van der Waals surface area contributed by atoms with Crippen molar-refractivity contribution >= 4 is 16.7 Å². The number of rotatable bonds is 6. The van der Waals surface area contributed by atoms with Gasteiger partial charge in [0.1, 0.15) is 18.9 Å². The second-order valence-corrected chi connectivity index (χ2v) is 8.07. The number of aliphatic hydroxyl groups excluding tert-OH is 1. The van der Waals surface area contributed by atoms with Crippen LogP contribution < -0.4 is 22.3 Å². The van der Waals surface area contributed by atoms with E-state index >= 15 is 0 Å². The molecule has 3 rings (SSSR count). The van der Waals surface area contributed by atoms with Crippen LogP contribution in [0.25, 0.3) is 10.8 Å². The Bertz CT molecular complexity index is 925. The van der Waals surface area contributed by atoms with Gasteiger partial charge in [-0.3, -0.25) is 4.79 Å². The molecule has 2 N–H and O–H groups in total. The van der Waals surface area contributed by atoms with Crippen LogP contribution in [0.15, 0.2) is 61.2 Å². The predicted molar refractivity (Wildman–Crippen MR) is 106 cm³/mol. The number of aliphatic hydroxyl groups is 1. The molecule has 3 aromatic rings. The zero-order chi connectivity index (χ0) is 19.4. The molecule has 0 bridgehead atoms. The van der Waals surface area contributed by atoms with Gasteiger partial charge in [-0.25, -0.2) is 9.13 Å². The van der Waals surface area contributed by atoms with Crippen LogP contribution in [-0.2, 0) is 17.9 Å². The first-order chi connectivity index (χ1) is 12.9. The topological polar surface area (TPSA) is 58.1 Å². The molecule has 1 amide bonds. The first kappa shape index (κ1) is 21.9. The molecule has 1 aromatic heterocycles. The largest absolute Gasteiger partial charge is 1.00 e. The summed E-state index contributed by atoms with van der Waals surface area (Å²) in [5.41, 5.74) is 1.06. The van der Waals surface area contributed by atoms with E-state index in [2.05, 4.69) is 46.3 Å². The van der Waals surface area contributed by atoms with Crippen LogP contribution in [-0.4, -0.2) is 28.2 Å². The van der Waals surface area contributed by atoms with E-state index in [4.69, 9.17) is 0 Å². The Kier molecular flexibility index (Phi) is 7.22. The minimum absolute atomic E-state index is 0. The molecule has 0 aliphatic heterocycles. The van der Waals surface area contributed by atoms with Gasteiger partial charge in [-0.15, -0.1) is 0 Å². The van der Waals surface area contributed by atoms with Gasteiger partial charge in [0.25, 0.3) is 5.91 Å². The lowest BCUT2D eigenvalue weighted by molar-refractivity contribution is -0.687. The number of imidazole rings is 1. The van der Waals surface area contributed by atoms with Crippen molar-refractivity contribution in [3.63, 3.8) is 0 Å². The van der Waals surface area contributed by atoms with Crippen LogP contribution in [0.2, 0.25) is 0 Å². The molecule has 0 spiro atoms. The molecule has 1 atom stereocenters. The fraction of sp³-hybridized carbons (Fsp3) is 0.364. The van der Waals surface area contributed by atoms with E-state index in [1.54, 1.807) is 0 Å². The fourth-order valence-electron chi connectivity index (χ4n) is 3.19. The zero-order valence-electron chi connectivity index (χ0n) is 16.6. The number of carbonyl (C=O) groups is 1. The summed E-state index contributed by atoms with van der Waals surface area (Å²) >= 11 is 0. The lowest BCUT2D eigenvalue weighted by Gasteiger charge is -2.29. The van der Waals surface area contributed by atoms with Crippen molar-refractivity contribution in [3.05, 3.63) is 66.7 Å². The lowest BCUT2D eigenvalue weighted by atomic mass is 9.87. The number of hydrogen-bond acceptors (Lipinski definition) is 2. The molecule has 0 radical (unpaired) electrons. The number of fused-ring (bicyclic) bond motifs is 1. The number of carbonyl (C=O) groups excluding carboxylic acids is 1. The van der Waals surface area contributed by atoms with Crippen molar-refractivity contribution in [1.82, 2.24) is 9.88 Å². The molecular formula is C22H28ClN3O2. The molecule has 0 aliphatic carbocycles. The summed E-state index contributed by atoms with van der Waals surface area (Å²) in [4.78, 5) is 12.3. The zero-order valence-corrected chi connectivity index (χ0v) is 17.4. The lowest BCUT2D eigenvalue weighted by Crippen LogP contribution is -3.00. The smallest absolute Gasteiger partial charge is 0.262 e. The molecule has 0 aliphatic rings. The highest BCUT2D eigenvalue weighted by Crippen LogP contribution is 2.19. The van der Waals surface area contributed by atoms with Crippen molar-refractivity contribution in [2.45, 2.75) is 39.9 Å². The highest BCUT2D eigenvalue weighted by molar-refractivity contribution is 5.85. The summed E-state index contributed by atoms with van der Waals surface area (Å²) in [6.07, 6.45) is 5.81. The Balaban J connectivity index is 0.00000280. The minimum atomic E-state index is -0.261. The van der Waals surface area contributed by atoms with Crippen LogP contribution in [0.3, 0.4) is 0 Å². The number of benzene rings is 2. The van der Waals surface area contributed by atoms with E-state index < -0.39 is 0 Å². The number of aromatic nitrogens is 2. The summed E-state index contributed by atoms with van der Waals surface area (Å²) in [5, 5.41) is 14.9. The summed E-state index contributed by atoms with van der Waals surface area (Å²) in [6, 6.07) is 14.4. The molecule has 0 saturated heterocycles. The van der Waals surface area contributed by atoms with Gasteiger partial charge in [0.05, 0.1) is 12.6 Å². The molecule has 6 heteroatoms.